The number of hydrogen-bond donors (Lipinski definition) is 1. The molecular weight excluding hydrogens is 316 g/mol. The monoisotopic (exact) mass is 334 g/mol. The van der Waals surface area contributed by atoms with Gasteiger partial charge in [-0.05, 0) is 26.0 Å². The van der Waals surface area contributed by atoms with Crippen LogP contribution in [0.15, 0.2) is 30.3 Å². The summed E-state index contributed by atoms with van der Waals surface area (Å²) < 4.78 is 9.95. The van der Waals surface area contributed by atoms with E-state index in [0.29, 0.717) is 15.7 Å². The fourth-order valence-corrected chi connectivity index (χ4v) is 2.77. The van der Waals surface area contributed by atoms with Crippen molar-refractivity contribution in [2.24, 2.45) is 0 Å². The van der Waals surface area contributed by atoms with Gasteiger partial charge in [-0.3, -0.25) is 4.79 Å². The first kappa shape index (κ1) is 17.0. The molecule has 0 bridgehead atoms. The number of rotatable bonds is 7. The van der Waals surface area contributed by atoms with Crippen molar-refractivity contribution in [1.29, 1.82) is 0 Å². The van der Waals surface area contributed by atoms with Crippen LogP contribution in [0.25, 0.3) is 0 Å². The SMILES string of the molecule is CCOC(=O)Cc1nc(Nc2ccccc2)sc1C(=O)OCC. The van der Waals surface area contributed by atoms with E-state index in [-0.39, 0.29) is 19.6 Å². The van der Waals surface area contributed by atoms with Gasteiger partial charge >= 0.3 is 11.9 Å². The molecule has 2 rings (SSSR count). The summed E-state index contributed by atoms with van der Waals surface area (Å²) in [6.45, 7) is 4.00. The normalized spacial score (nSPS) is 10.2. The molecule has 0 aliphatic carbocycles. The second kappa shape index (κ2) is 8.28. The number of anilines is 2. The number of nitrogens with one attached hydrogen (secondary N) is 1. The smallest absolute Gasteiger partial charge is 0.350 e. The average molecular weight is 334 g/mol. The Hall–Kier alpha value is -2.41. The maximum absolute atomic E-state index is 12.0. The van der Waals surface area contributed by atoms with Crippen LogP contribution in [0, 0.1) is 0 Å². The quantitative estimate of drug-likeness (QED) is 0.784. The number of nitrogens with zero attached hydrogens (tertiary/aromatic N) is 1. The van der Waals surface area contributed by atoms with Gasteiger partial charge in [0.05, 0.1) is 25.3 Å². The van der Waals surface area contributed by atoms with Crippen LogP contribution in [0.5, 0.6) is 0 Å². The molecule has 0 unspecified atom stereocenters. The number of benzene rings is 1. The molecule has 0 aliphatic heterocycles. The van der Waals surface area contributed by atoms with Crippen LogP contribution in [-0.4, -0.2) is 30.1 Å². The number of aromatic nitrogens is 1. The third-order valence-electron chi connectivity index (χ3n) is 2.80. The van der Waals surface area contributed by atoms with E-state index in [1.54, 1.807) is 13.8 Å². The maximum Gasteiger partial charge on any atom is 0.350 e. The van der Waals surface area contributed by atoms with E-state index < -0.39 is 11.9 Å². The lowest BCUT2D eigenvalue weighted by Crippen LogP contribution is -2.12. The number of thiazole rings is 1. The van der Waals surface area contributed by atoms with Crippen LogP contribution in [0.1, 0.15) is 29.2 Å². The number of carbonyl (C=O) groups is 2. The predicted molar refractivity (Wildman–Crippen MR) is 88.1 cm³/mol. The number of para-hydroxylation sites is 1. The molecule has 1 N–H and O–H groups in total. The van der Waals surface area contributed by atoms with Gasteiger partial charge in [0.2, 0.25) is 0 Å². The largest absolute Gasteiger partial charge is 0.466 e. The third-order valence-corrected chi connectivity index (χ3v) is 3.79. The summed E-state index contributed by atoms with van der Waals surface area (Å²) in [5, 5.41) is 3.64. The zero-order chi connectivity index (χ0) is 16.7. The lowest BCUT2D eigenvalue weighted by atomic mass is 10.3. The molecule has 23 heavy (non-hydrogen) atoms. The molecule has 0 fully saturated rings. The van der Waals surface area contributed by atoms with E-state index in [2.05, 4.69) is 10.3 Å². The fourth-order valence-electron chi connectivity index (χ4n) is 1.87. The van der Waals surface area contributed by atoms with E-state index in [9.17, 15) is 9.59 Å². The molecule has 1 heterocycles. The second-order valence-corrected chi connectivity index (χ2v) is 5.49. The molecule has 2 aromatic rings. The molecule has 1 aromatic heterocycles. The summed E-state index contributed by atoms with van der Waals surface area (Å²) in [5.41, 5.74) is 1.21. The first-order valence-electron chi connectivity index (χ1n) is 7.28. The van der Waals surface area contributed by atoms with Gasteiger partial charge in [-0.2, -0.15) is 0 Å². The van der Waals surface area contributed by atoms with Crippen molar-refractivity contribution in [3.63, 3.8) is 0 Å². The summed E-state index contributed by atoms with van der Waals surface area (Å²) in [4.78, 5) is 28.4. The minimum atomic E-state index is -0.481. The fraction of sp³-hybridized carbons (Fsp3) is 0.312. The first-order chi connectivity index (χ1) is 11.1. The summed E-state index contributed by atoms with van der Waals surface area (Å²) in [7, 11) is 0. The van der Waals surface area contributed by atoms with E-state index in [4.69, 9.17) is 9.47 Å². The Balaban J connectivity index is 2.23. The Morgan fingerprint density at radius 1 is 1.13 bits per heavy atom. The lowest BCUT2D eigenvalue weighted by molar-refractivity contribution is -0.142. The molecule has 0 saturated carbocycles. The van der Waals surface area contributed by atoms with Gasteiger partial charge in [-0.25, -0.2) is 9.78 Å². The van der Waals surface area contributed by atoms with Gasteiger partial charge in [-0.1, -0.05) is 29.5 Å². The molecule has 1 aromatic carbocycles. The minimum Gasteiger partial charge on any atom is -0.466 e. The molecule has 0 amide bonds. The van der Waals surface area contributed by atoms with Gasteiger partial charge in [0.15, 0.2) is 5.13 Å². The summed E-state index contributed by atoms with van der Waals surface area (Å²) in [6, 6.07) is 9.46. The Kier molecular flexibility index (Phi) is 6.10. The number of hydrogen-bond acceptors (Lipinski definition) is 7. The predicted octanol–water partition coefficient (Wildman–Crippen LogP) is 3.17. The van der Waals surface area contributed by atoms with Crippen molar-refractivity contribution in [2.75, 3.05) is 18.5 Å². The Labute approximate surface area is 138 Å². The molecule has 122 valence electrons. The Morgan fingerprint density at radius 2 is 1.83 bits per heavy atom. The zero-order valence-corrected chi connectivity index (χ0v) is 13.8. The second-order valence-electron chi connectivity index (χ2n) is 4.49. The van der Waals surface area contributed by atoms with E-state index in [1.165, 1.54) is 0 Å². The average Bonchev–Trinajstić information content (AvgIpc) is 2.91. The van der Waals surface area contributed by atoms with E-state index >= 15 is 0 Å². The topological polar surface area (TPSA) is 77.5 Å². The number of esters is 2. The van der Waals surface area contributed by atoms with Gasteiger partial charge in [0.25, 0.3) is 0 Å². The highest BCUT2D eigenvalue weighted by molar-refractivity contribution is 7.17. The van der Waals surface area contributed by atoms with Crippen molar-refractivity contribution in [1.82, 2.24) is 4.98 Å². The van der Waals surface area contributed by atoms with E-state index in [1.807, 2.05) is 30.3 Å². The molecule has 0 spiro atoms. The Morgan fingerprint density at radius 3 is 2.48 bits per heavy atom. The van der Waals surface area contributed by atoms with Gasteiger partial charge in [0.1, 0.15) is 4.88 Å². The molecule has 0 atom stereocenters. The Bertz CT molecular complexity index is 670. The van der Waals surface area contributed by atoms with Crippen molar-refractivity contribution >= 4 is 34.1 Å². The van der Waals surface area contributed by atoms with Crippen LogP contribution in [0.4, 0.5) is 10.8 Å². The third kappa shape index (κ3) is 4.79. The molecular formula is C16H18N2O4S. The zero-order valence-electron chi connectivity index (χ0n) is 13.0. The number of carbonyl (C=O) groups excluding carboxylic acids is 2. The van der Waals surface area contributed by atoms with Crippen molar-refractivity contribution in [3.8, 4) is 0 Å². The first-order valence-corrected chi connectivity index (χ1v) is 8.10. The van der Waals surface area contributed by atoms with Crippen LogP contribution < -0.4 is 5.32 Å². The van der Waals surface area contributed by atoms with Gasteiger partial charge in [0, 0.05) is 5.69 Å². The molecule has 0 radical (unpaired) electrons. The highest BCUT2D eigenvalue weighted by Crippen LogP contribution is 2.27. The highest BCUT2D eigenvalue weighted by atomic mass is 32.1. The van der Waals surface area contributed by atoms with E-state index in [0.717, 1.165) is 17.0 Å². The van der Waals surface area contributed by atoms with Crippen LogP contribution in [0.2, 0.25) is 0 Å². The van der Waals surface area contributed by atoms with Crippen molar-refractivity contribution in [3.05, 3.63) is 40.9 Å². The molecule has 0 aliphatic rings. The van der Waals surface area contributed by atoms with Gasteiger partial charge < -0.3 is 14.8 Å². The molecule has 0 saturated heterocycles. The molecule has 6 nitrogen and oxygen atoms in total. The van der Waals surface area contributed by atoms with Crippen LogP contribution in [-0.2, 0) is 20.7 Å². The summed E-state index contributed by atoms with van der Waals surface area (Å²) in [5.74, 6) is -0.903. The summed E-state index contributed by atoms with van der Waals surface area (Å²) in [6.07, 6.45) is -0.0606. The highest BCUT2D eigenvalue weighted by Gasteiger charge is 2.22. The van der Waals surface area contributed by atoms with Crippen LogP contribution >= 0.6 is 11.3 Å². The standard InChI is InChI=1S/C16H18N2O4S/c1-3-21-13(19)10-12-14(15(20)22-4-2)23-16(18-12)17-11-8-6-5-7-9-11/h5-9H,3-4,10H2,1-2H3,(H,17,18). The maximum atomic E-state index is 12.0. The lowest BCUT2D eigenvalue weighted by Gasteiger charge is -2.02. The molecule has 7 heteroatoms. The van der Waals surface area contributed by atoms with Gasteiger partial charge in [-0.15, -0.1) is 0 Å². The van der Waals surface area contributed by atoms with Crippen molar-refractivity contribution < 1.29 is 19.1 Å². The van der Waals surface area contributed by atoms with Crippen molar-refractivity contribution in [2.45, 2.75) is 20.3 Å². The summed E-state index contributed by atoms with van der Waals surface area (Å²) >= 11 is 1.16. The van der Waals surface area contributed by atoms with Crippen LogP contribution in [0.3, 0.4) is 0 Å². The minimum absolute atomic E-state index is 0.0606. The number of ether oxygens (including phenoxy) is 2.